The number of fused-ring (bicyclic) bond motifs is 1. The molecule has 3 aliphatic rings. The van der Waals surface area contributed by atoms with E-state index >= 15 is 0 Å². The number of anilines is 1. The van der Waals surface area contributed by atoms with Crippen LogP contribution in [0.25, 0.3) is 0 Å². The fraction of sp³-hybridized carbons (Fsp3) is 0. The molecule has 94 valence electrons. The van der Waals surface area contributed by atoms with Crippen LogP contribution in [0.2, 0.25) is 0 Å². The first-order valence-corrected chi connectivity index (χ1v) is 9.23. The molecule has 5 nitrogen and oxygen atoms in total. The third-order valence-electron chi connectivity index (χ3n) is 3.44. The van der Waals surface area contributed by atoms with Crippen LogP contribution in [0.1, 0.15) is 10.4 Å². The molecule has 1 amide bonds. The number of allylic oxidation sites excluding steroid dienone is 3. The summed E-state index contributed by atoms with van der Waals surface area (Å²) in [6.07, 6.45) is 5.50. The van der Waals surface area contributed by atoms with Crippen molar-refractivity contribution >= 4 is 20.3 Å². The van der Waals surface area contributed by atoms with E-state index in [1.165, 1.54) is 0 Å². The fourth-order valence-corrected chi connectivity index (χ4v) is 5.12. The first-order chi connectivity index (χ1) is 9.75. The first-order valence-electron chi connectivity index (χ1n) is 6.17. The number of Topliss-reactive ketones (excluding diaryl/α,β-unsaturated/α-hetero) is 1. The molecule has 0 spiro atoms. The van der Waals surface area contributed by atoms with Gasteiger partial charge in [0.1, 0.15) is 0 Å². The fourth-order valence-electron chi connectivity index (χ4n) is 2.54. The number of amides is 1. The van der Waals surface area contributed by atoms with Crippen molar-refractivity contribution in [2.75, 3.05) is 5.32 Å². The Morgan fingerprint density at radius 2 is 2.10 bits per heavy atom. The van der Waals surface area contributed by atoms with Gasteiger partial charge in [-0.05, 0) is 0 Å². The monoisotopic (exact) mass is 339 g/mol. The Hall–Kier alpha value is -1.72. The summed E-state index contributed by atoms with van der Waals surface area (Å²) in [6, 6.07) is 3.44. The molecule has 20 heavy (non-hydrogen) atoms. The molecule has 1 aromatic heterocycles. The van der Waals surface area contributed by atoms with Crippen LogP contribution in [0.4, 0.5) is 5.82 Å². The summed E-state index contributed by atoms with van der Waals surface area (Å²) in [7, 11) is 0. The summed E-state index contributed by atoms with van der Waals surface area (Å²) >= 11 is -1.05. The van der Waals surface area contributed by atoms with Gasteiger partial charge in [-0.2, -0.15) is 0 Å². The van der Waals surface area contributed by atoms with Gasteiger partial charge in [0, 0.05) is 0 Å². The summed E-state index contributed by atoms with van der Waals surface area (Å²) in [6.45, 7) is 0. The van der Waals surface area contributed by atoms with Crippen LogP contribution < -0.4 is 10.6 Å². The second kappa shape index (κ2) is 4.40. The van der Waals surface area contributed by atoms with Crippen molar-refractivity contribution in [2.24, 2.45) is 0 Å². The van der Waals surface area contributed by atoms with E-state index in [0.717, 1.165) is 8.08 Å². The van der Waals surface area contributed by atoms with Gasteiger partial charge >= 0.3 is 130 Å². The molecule has 4 rings (SSSR count). The molecule has 0 unspecified atom stereocenters. The quantitative estimate of drug-likeness (QED) is 0.684. The molecule has 0 atom stereocenters. The van der Waals surface area contributed by atoms with E-state index in [1.807, 2.05) is 12.2 Å². The topological polar surface area (TPSA) is 71.1 Å². The Kier molecular flexibility index (Phi) is 2.65. The normalized spacial score (nSPS) is 22.4. The maximum absolute atomic E-state index is 12.4. The average molecular weight is 339 g/mol. The van der Waals surface area contributed by atoms with Gasteiger partial charge in [0.2, 0.25) is 0 Å². The maximum atomic E-state index is 12.4. The van der Waals surface area contributed by atoms with Gasteiger partial charge in [-0.15, -0.1) is 0 Å². The number of carbonyl (C=O) groups excluding carboxylic acids is 2. The van der Waals surface area contributed by atoms with Gasteiger partial charge in [0.15, 0.2) is 0 Å². The standard InChI is InChI=1S/C14H8N3O2.Y/c1-2-4-8-7-16-14(19)10(8)11-12(18)9-5-3-6-15-13(9)17-11;/h1-6H,(H,15,17)(H,16,19);/b4-2?,11-10-;. The molecule has 0 radical (unpaired) electrons. The minimum absolute atomic E-state index is 0.164. The minimum atomic E-state index is -1.05. The third-order valence-corrected chi connectivity index (χ3v) is 6.40. The number of carbonyl (C=O) groups is 2. The van der Waals surface area contributed by atoms with Crippen molar-refractivity contribution in [1.82, 2.24) is 10.3 Å². The predicted molar refractivity (Wildman–Crippen MR) is 69.6 cm³/mol. The molecular weight excluding hydrogens is 331 g/mol. The van der Waals surface area contributed by atoms with E-state index < -0.39 is 28.7 Å². The van der Waals surface area contributed by atoms with E-state index in [1.54, 1.807) is 18.3 Å². The number of pyridine rings is 1. The van der Waals surface area contributed by atoms with E-state index in [9.17, 15) is 9.59 Å². The number of hydrogen-bond acceptors (Lipinski definition) is 4. The molecule has 0 aromatic carbocycles. The van der Waals surface area contributed by atoms with Crippen LogP contribution in [0, 0.1) is 0 Å². The predicted octanol–water partition coefficient (Wildman–Crippen LogP) is 0.740. The van der Waals surface area contributed by atoms with E-state index in [0.29, 0.717) is 22.7 Å². The van der Waals surface area contributed by atoms with Gasteiger partial charge in [0.25, 0.3) is 0 Å². The zero-order valence-corrected chi connectivity index (χ0v) is 13.1. The number of ketones is 1. The zero-order chi connectivity index (χ0) is 13.7. The summed E-state index contributed by atoms with van der Waals surface area (Å²) in [5, 5.41) is 5.89. The molecule has 0 fully saturated rings. The van der Waals surface area contributed by atoms with Gasteiger partial charge in [-0.25, -0.2) is 0 Å². The van der Waals surface area contributed by atoms with Crippen molar-refractivity contribution in [3.05, 3.63) is 55.4 Å². The van der Waals surface area contributed by atoms with Crippen molar-refractivity contribution < 1.29 is 38.3 Å². The number of nitrogens with zero attached hydrogens (tertiary/aromatic N) is 1. The third kappa shape index (κ3) is 1.63. The number of hydrogen-bond donors (Lipinski definition) is 2. The zero-order valence-electron chi connectivity index (χ0n) is 10.3. The summed E-state index contributed by atoms with van der Waals surface area (Å²) in [5.41, 5.74) is 2.20. The van der Waals surface area contributed by atoms with Crippen molar-refractivity contribution in [1.29, 1.82) is 0 Å². The summed E-state index contributed by atoms with van der Waals surface area (Å²) in [4.78, 5) is 28.7. The Balaban J connectivity index is 1.91. The molecular formula is C14H8N3O2Y. The second-order valence-electron chi connectivity index (χ2n) is 4.60. The Morgan fingerprint density at radius 3 is 2.95 bits per heavy atom. The van der Waals surface area contributed by atoms with Crippen LogP contribution in [0.5, 0.6) is 0 Å². The molecule has 0 bridgehead atoms. The van der Waals surface area contributed by atoms with Crippen molar-refractivity contribution in [3.63, 3.8) is 0 Å². The van der Waals surface area contributed by atoms with Crippen LogP contribution in [0.3, 0.4) is 0 Å². The van der Waals surface area contributed by atoms with Crippen LogP contribution in [-0.4, -0.2) is 19.5 Å². The van der Waals surface area contributed by atoms with Crippen molar-refractivity contribution in [2.45, 2.75) is 0 Å². The van der Waals surface area contributed by atoms with Crippen LogP contribution in [0.15, 0.2) is 49.8 Å². The van der Waals surface area contributed by atoms with Gasteiger partial charge in [0.05, 0.1) is 0 Å². The molecule has 0 saturated heterocycles. The van der Waals surface area contributed by atoms with E-state index in [4.69, 9.17) is 0 Å². The van der Waals surface area contributed by atoms with Crippen LogP contribution >= 0.6 is 0 Å². The molecule has 6 heteroatoms. The first kappa shape index (κ1) is 12.1. The summed E-state index contributed by atoms with van der Waals surface area (Å²) < 4.78 is 3.19. The Morgan fingerprint density at radius 1 is 1.20 bits per heavy atom. The Labute approximate surface area is 129 Å². The molecule has 0 aliphatic carbocycles. The van der Waals surface area contributed by atoms with Crippen LogP contribution in [-0.2, 0) is 33.5 Å². The Bertz CT molecular complexity index is 802. The van der Waals surface area contributed by atoms with Gasteiger partial charge in [-0.3, -0.25) is 0 Å². The van der Waals surface area contributed by atoms with E-state index in [2.05, 4.69) is 18.4 Å². The molecule has 2 N–H and O–H groups in total. The van der Waals surface area contributed by atoms with Gasteiger partial charge < -0.3 is 0 Å². The molecule has 1 aromatic rings. The average Bonchev–Trinajstić information content (AvgIpc) is 2.96. The summed E-state index contributed by atoms with van der Waals surface area (Å²) in [5.74, 6) is 0.169. The van der Waals surface area contributed by atoms with Gasteiger partial charge in [-0.1, -0.05) is 0 Å². The van der Waals surface area contributed by atoms with E-state index in [-0.39, 0.29) is 11.7 Å². The number of aromatic nitrogens is 1. The SMILES string of the molecule is O=C1N[C]2=C(C=C[CH]=[Y]2)/C1=C1/Nc2ncccc2C1=O. The molecule has 0 saturated carbocycles. The number of rotatable bonds is 0. The number of nitrogens with one attached hydrogen (secondary N) is 2. The molecule has 3 aliphatic heterocycles. The second-order valence-corrected chi connectivity index (χ2v) is 7.79. The van der Waals surface area contributed by atoms with Crippen molar-refractivity contribution in [3.8, 4) is 0 Å². The molecule has 4 heterocycles.